The number of carbonyl (C=O) groups is 3. The number of nitrogens with two attached hydrogens (primary N) is 1. The molecule has 1 aliphatic rings. The Bertz CT molecular complexity index is 1750. The van der Waals surface area contributed by atoms with E-state index in [0.29, 0.717) is 0 Å². The lowest BCUT2D eigenvalue weighted by molar-refractivity contribution is -0.265. The smallest absolute Gasteiger partial charge is 0.424 e. The Morgan fingerprint density at radius 3 is 2.27 bits per heavy atom. The van der Waals surface area contributed by atoms with Crippen molar-refractivity contribution in [3.05, 3.63) is 71.2 Å². The molecule has 49 heavy (non-hydrogen) atoms. The molecule has 264 valence electrons. The van der Waals surface area contributed by atoms with Crippen molar-refractivity contribution in [3.63, 3.8) is 0 Å². The van der Waals surface area contributed by atoms with Crippen LogP contribution in [-0.2, 0) is 20.7 Å². The number of primary amides is 1. The summed E-state index contributed by atoms with van der Waals surface area (Å²) < 4.78 is 74.6. The monoisotopic (exact) mass is 691 g/mol. The first-order valence-corrected chi connectivity index (χ1v) is 14.9. The summed E-state index contributed by atoms with van der Waals surface area (Å²) in [6.07, 6.45) is -6.18. The topological polar surface area (TPSA) is 165 Å². The van der Waals surface area contributed by atoms with Gasteiger partial charge in [-0.15, -0.1) is 0 Å². The highest BCUT2D eigenvalue weighted by atomic mass is 19.4. The van der Waals surface area contributed by atoms with E-state index in [4.69, 9.17) is 19.9 Å². The van der Waals surface area contributed by atoms with Crippen molar-refractivity contribution in [1.29, 1.82) is 0 Å². The van der Waals surface area contributed by atoms with E-state index in [1.165, 1.54) is 42.3 Å². The average Bonchev–Trinajstić information content (AvgIpc) is 3.34. The highest BCUT2D eigenvalue weighted by Crippen LogP contribution is 2.48. The number of amides is 3. The normalized spacial score (nSPS) is 17.2. The van der Waals surface area contributed by atoms with Gasteiger partial charge in [-0.1, -0.05) is 0 Å². The minimum absolute atomic E-state index is 0.00916. The van der Waals surface area contributed by atoms with Crippen LogP contribution in [0.15, 0.2) is 48.5 Å². The van der Waals surface area contributed by atoms with Crippen LogP contribution in [0.5, 0.6) is 11.5 Å². The van der Waals surface area contributed by atoms with Gasteiger partial charge in [-0.05, 0) is 83.3 Å². The number of carbonyl (C=O) groups excluding carboxylic acids is 3. The molecule has 3 aromatic rings. The summed E-state index contributed by atoms with van der Waals surface area (Å²) in [6, 6.07) is 9.39. The van der Waals surface area contributed by atoms with Gasteiger partial charge >= 0.3 is 12.3 Å². The number of aromatic nitrogens is 1. The number of halogens is 4. The summed E-state index contributed by atoms with van der Waals surface area (Å²) in [5, 5.41) is 16.6. The first kappa shape index (κ1) is 36.9. The summed E-state index contributed by atoms with van der Waals surface area (Å²) in [4.78, 5) is 43.1. The van der Waals surface area contributed by atoms with E-state index >= 15 is 0 Å². The van der Waals surface area contributed by atoms with Crippen molar-refractivity contribution in [2.45, 2.75) is 50.6 Å². The second-order valence-electron chi connectivity index (χ2n) is 12.6. The van der Waals surface area contributed by atoms with Crippen molar-refractivity contribution in [2.75, 3.05) is 38.8 Å². The summed E-state index contributed by atoms with van der Waals surface area (Å²) in [5.74, 6) is -2.37. The molecule has 1 unspecified atom stereocenters. The van der Waals surface area contributed by atoms with Crippen LogP contribution in [0.2, 0.25) is 0 Å². The first-order chi connectivity index (χ1) is 22.7. The van der Waals surface area contributed by atoms with E-state index in [0.717, 1.165) is 18.2 Å². The van der Waals surface area contributed by atoms with Gasteiger partial charge in [0, 0.05) is 16.7 Å². The van der Waals surface area contributed by atoms with Crippen LogP contribution in [0.4, 0.5) is 28.0 Å². The summed E-state index contributed by atoms with van der Waals surface area (Å²) in [5.41, 5.74) is -1.56. The van der Waals surface area contributed by atoms with E-state index < -0.39 is 65.5 Å². The van der Waals surface area contributed by atoms with Crippen LogP contribution in [0, 0.1) is 5.82 Å². The number of ether oxygens (including phenoxy) is 3. The number of aliphatic hydroxyl groups is 1. The van der Waals surface area contributed by atoms with E-state index in [-0.39, 0.29) is 46.1 Å². The van der Waals surface area contributed by atoms with Gasteiger partial charge in [-0.2, -0.15) is 13.2 Å². The van der Waals surface area contributed by atoms with Gasteiger partial charge in [0.2, 0.25) is 5.60 Å². The fourth-order valence-electron chi connectivity index (χ4n) is 5.14. The van der Waals surface area contributed by atoms with E-state index in [2.05, 4.69) is 15.6 Å². The minimum Gasteiger partial charge on any atom is -0.493 e. The maximum atomic E-state index is 14.9. The lowest BCUT2D eigenvalue weighted by atomic mass is 9.88. The quantitative estimate of drug-likeness (QED) is 0.229. The third kappa shape index (κ3) is 7.70. The average molecular weight is 692 g/mol. The second-order valence-corrected chi connectivity index (χ2v) is 12.6. The molecule has 12 nitrogen and oxygen atoms in total. The van der Waals surface area contributed by atoms with Crippen LogP contribution in [0.3, 0.4) is 0 Å². The Labute approximate surface area is 279 Å². The zero-order valence-electron chi connectivity index (χ0n) is 27.6. The molecule has 2 heterocycles. The molecule has 3 amide bonds. The third-order valence-electron chi connectivity index (χ3n) is 7.81. The number of rotatable bonds is 10. The number of alkyl halides is 3. The number of fused-ring (bicyclic) bond motifs is 1. The van der Waals surface area contributed by atoms with Crippen molar-refractivity contribution in [1.82, 2.24) is 15.6 Å². The number of nitrogens with one attached hydrogen (secondary N) is 2. The Hall–Kier alpha value is -4.96. The molecule has 2 aromatic carbocycles. The number of anilines is 1. The van der Waals surface area contributed by atoms with Crippen molar-refractivity contribution in [2.24, 2.45) is 5.73 Å². The maximum absolute atomic E-state index is 14.9. The van der Waals surface area contributed by atoms with Gasteiger partial charge in [-0.3, -0.25) is 14.5 Å². The summed E-state index contributed by atoms with van der Waals surface area (Å²) in [7, 11) is 2.80. The van der Waals surface area contributed by atoms with Crippen molar-refractivity contribution < 1.29 is 51.3 Å². The highest BCUT2D eigenvalue weighted by Gasteiger charge is 2.57. The van der Waals surface area contributed by atoms with Gasteiger partial charge in [0.25, 0.3) is 11.8 Å². The molecule has 0 saturated carbocycles. The van der Waals surface area contributed by atoms with Crippen LogP contribution in [-0.4, -0.2) is 73.6 Å². The Balaban J connectivity index is 1.82. The molecule has 1 aromatic heterocycles. The molecular formula is C33H37F4N5O7. The van der Waals surface area contributed by atoms with E-state index in [9.17, 15) is 37.1 Å². The zero-order chi connectivity index (χ0) is 36.5. The number of hydrogen-bond donors (Lipinski definition) is 4. The fourth-order valence-corrected chi connectivity index (χ4v) is 5.14. The van der Waals surface area contributed by atoms with Crippen LogP contribution >= 0.6 is 0 Å². The van der Waals surface area contributed by atoms with Gasteiger partial charge in [0.15, 0.2) is 18.1 Å². The zero-order valence-corrected chi connectivity index (χ0v) is 27.6. The summed E-state index contributed by atoms with van der Waals surface area (Å²) in [6.45, 7) is 4.65. The Morgan fingerprint density at radius 1 is 1.06 bits per heavy atom. The highest BCUT2D eigenvalue weighted by molar-refractivity contribution is 5.97. The van der Waals surface area contributed by atoms with E-state index in [1.807, 2.05) is 0 Å². The molecule has 0 aliphatic carbocycles. The van der Waals surface area contributed by atoms with Gasteiger partial charge in [0.1, 0.15) is 11.4 Å². The van der Waals surface area contributed by atoms with Crippen LogP contribution in [0.25, 0.3) is 11.3 Å². The third-order valence-corrected chi connectivity index (χ3v) is 7.81. The number of benzene rings is 2. The number of methoxy groups -OCH3 is 1. The number of likely N-dealkylation sites (N-methyl/N-ethyl adjacent to an activating group) is 1. The molecule has 0 spiro atoms. The molecule has 16 heteroatoms. The summed E-state index contributed by atoms with van der Waals surface area (Å²) >= 11 is 0. The standard InChI is InChI=1S/C33H37F4N5O7/c1-30(2,3)49-29(45)42-17-31(4,39-5)21-14-24(41-26(27(21)42)18-7-10-20(34)11-8-18)32(46,33(35,36)37)16-40-28(44)19-9-12-22(23(13-19)47-6)48-15-25(38)43/h7-14,39,46H,15-17H2,1-6H3,(H2,38,43)(H,40,44)/t31-,32?/m1/s1. The molecular weight excluding hydrogens is 654 g/mol. The van der Waals surface area contributed by atoms with E-state index in [1.54, 1.807) is 34.7 Å². The number of hydrogen-bond acceptors (Lipinski definition) is 9. The second kappa shape index (κ2) is 13.5. The SMILES string of the molecule is CN[C@]1(C)CN(C(=O)OC(C)(C)C)c2c1cc(C(O)(CNC(=O)c1ccc(OCC(N)=O)c(OC)c1)C(F)(F)F)nc2-c1ccc(F)cc1. The van der Waals surface area contributed by atoms with Gasteiger partial charge in [-0.25, -0.2) is 14.2 Å². The molecule has 4 rings (SSSR count). The van der Waals surface area contributed by atoms with Crippen LogP contribution < -0.4 is 30.7 Å². The molecule has 0 radical (unpaired) electrons. The van der Waals surface area contributed by atoms with Crippen molar-refractivity contribution >= 4 is 23.6 Å². The van der Waals surface area contributed by atoms with Crippen LogP contribution in [0.1, 0.15) is 49.3 Å². The molecule has 0 bridgehead atoms. The Morgan fingerprint density at radius 2 is 1.71 bits per heavy atom. The fraction of sp³-hybridized carbons (Fsp3) is 0.394. The Kier molecular flexibility index (Phi) is 10.2. The largest absolute Gasteiger partial charge is 0.493 e. The molecule has 0 saturated heterocycles. The lowest BCUT2D eigenvalue weighted by Crippen LogP contribution is -2.51. The van der Waals surface area contributed by atoms with Gasteiger partial charge in [0.05, 0.1) is 42.8 Å². The van der Waals surface area contributed by atoms with Gasteiger partial charge < -0.3 is 35.7 Å². The first-order valence-electron chi connectivity index (χ1n) is 14.9. The predicted octanol–water partition coefficient (Wildman–Crippen LogP) is 4.13. The van der Waals surface area contributed by atoms with Crippen molar-refractivity contribution in [3.8, 4) is 22.8 Å². The predicted molar refractivity (Wildman–Crippen MR) is 170 cm³/mol. The lowest BCUT2D eigenvalue weighted by Gasteiger charge is -2.32. The maximum Gasteiger partial charge on any atom is 0.424 e. The number of nitrogens with zero attached hydrogens (tertiary/aromatic N) is 2. The molecule has 2 atom stereocenters. The molecule has 1 aliphatic heterocycles. The molecule has 0 fully saturated rings. The minimum atomic E-state index is -5.38. The number of pyridine rings is 1. The molecule has 5 N–H and O–H groups in total.